The summed E-state index contributed by atoms with van der Waals surface area (Å²) in [5.41, 5.74) is 18.9. The molecule has 0 atom stereocenters. The molecule has 6 aromatic rings. The molecule has 0 spiro atoms. The van der Waals surface area contributed by atoms with Crippen LogP contribution in [-0.4, -0.2) is 11.7 Å². The van der Waals surface area contributed by atoms with E-state index in [1.165, 1.54) is 88.0 Å². The summed E-state index contributed by atoms with van der Waals surface area (Å²) in [6.45, 7) is 42.0. The zero-order valence-corrected chi connectivity index (χ0v) is 40.7. The molecule has 5 aromatic carbocycles. The molecule has 312 valence electrons. The van der Waals surface area contributed by atoms with E-state index in [0.717, 1.165) is 5.52 Å². The van der Waals surface area contributed by atoms with Crippen molar-refractivity contribution in [2.75, 3.05) is 9.80 Å². The van der Waals surface area contributed by atoms with Gasteiger partial charge in [0.05, 0.1) is 15.4 Å². The summed E-state index contributed by atoms with van der Waals surface area (Å²) in [7, 11) is 0. The number of hydrogen-bond donors (Lipinski definition) is 0. The van der Waals surface area contributed by atoms with E-state index in [1.807, 2.05) is 11.3 Å². The Morgan fingerprint density at radius 2 is 0.917 bits per heavy atom. The summed E-state index contributed by atoms with van der Waals surface area (Å²) < 4.78 is 1.24. The predicted molar refractivity (Wildman–Crippen MR) is 266 cm³/mol. The Bertz CT molecular complexity index is 2620. The molecular formula is C55H68BN3S. The summed E-state index contributed by atoms with van der Waals surface area (Å²) >= 11 is 1.85. The molecule has 3 heterocycles. The van der Waals surface area contributed by atoms with E-state index in [9.17, 15) is 0 Å². The van der Waals surface area contributed by atoms with Crippen LogP contribution in [0.4, 0.5) is 34.1 Å². The zero-order valence-electron chi connectivity index (χ0n) is 39.9. The van der Waals surface area contributed by atoms with Crippen LogP contribution in [0.15, 0.2) is 84.9 Å². The average Bonchev–Trinajstić information content (AvgIpc) is 3.58. The molecule has 0 unspecified atom stereocenters. The number of rotatable bonds is 2. The fourth-order valence-corrected chi connectivity index (χ4v) is 9.98. The highest BCUT2D eigenvalue weighted by Gasteiger charge is 2.46. The lowest BCUT2D eigenvalue weighted by atomic mass is 9.33. The number of benzene rings is 5. The van der Waals surface area contributed by atoms with Crippen molar-refractivity contribution >= 4 is 78.8 Å². The van der Waals surface area contributed by atoms with E-state index in [4.69, 9.17) is 4.98 Å². The van der Waals surface area contributed by atoms with Crippen LogP contribution in [-0.2, 0) is 32.5 Å². The Kier molecular flexibility index (Phi) is 9.58. The monoisotopic (exact) mass is 814 g/mol. The molecule has 60 heavy (non-hydrogen) atoms. The number of hydrogen-bond acceptors (Lipinski definition) is 4. The fourth-order valence-electron chi connectivity index (χ4n) is 8.95. The summed E-state index contributed by atoms with van der Waals surface area (Å²) in [6.07, 6.45) is 0. The SMILES string of the molecule is CC(C)(C)c1ccc(N2c3ccc(C(C)(C)C)cc3B3c4ccc5sc(C(C)(C)C)nc5c4N(c4cc(C(C)(C)C)cc(C(C)(C)C)c4)c4cc(C(C)(C)C)cc2c43)cc1. The Hall–Kier alpha value is -4.35. The minimum absolute atomic E-state index is 0.00902. The van der Waals surface area contributed by atoms with Crippen molar-refractivity contribution < 1.29 is 0 Å². The van der Waals surface area contributed by atoms with Gasteiger partial charge in [0, 0.05) is 33.9 Å². The molecule has 5 heteroatoms. The Labute approximate surface area is 366 Å². The van der Waals surface area contributed by atoms with Crippen LogP contribution in [0.25, 0.3) is 10.2 Å². The van der Waals surface area contributed by atoms with Crippen LogP contribution in [0.1, 0.15) is 157 Å². The molecule has 0 saturated carbocycles. The second kappa shape index (κ2) is 13.6. The molecule has 0 aliphatic carbocycles. The van der Waals surface area contributed by atoms with Crippen molar-refractivity contribution in [2.24, 2.45) is 0 Å². The molecule has 8 rings (SSSR count). The third-order valence-corrected chi connectivity index (χ3v) is 14.3. The normalized spacial score (nSPS) is 14.7. The van der Waals surface area contributed by atoms with Gasteiger partial charge in [0.15, 0.2) is 0 Å². The zero-order chi connectivity index (χ0) is 43.9. The number of fused-ring (bicyclic) bond motifs is 6. The fraction of sp³-hybridized carbons (Fsp3) is 0.436. The van der Waals surface area contributed by atoms with E-state index in [1.54, 1.807) is 0 Å². The van der Waals surface area contributed by atoms with Gasteiger partial charge in [-0.05, 0) is 120 Å². The van der Waals surface area contributed by atoms with Crippen molar-refractivity contribution in [1.29, 1.82) is 0 Å². The highest BCUT2D eigenvalue weighted by atomic mass is 32.1. The van der Waals surface area contributed by atoms with Crippen molar-refractivity contribution in [2.45, 2.75) is 157 Å². The van der Waals surface area contributed by atoms with Gasteiger partial charge < -0.3 is 9.80 Å². The third-order valence-electron chi connectivity index (χ3n) is 12.9. The summed E-state index contributed by atoms with van der Waals surface area (Å²) in [4.78, 5) is 10.9. The highest BCUT2D eigenvalue weighted by Crippen LogP contribution is 2.50. The van der Waals surface area contributed by atoms with Crippen LogP contribution in [0, 0.1) is 0 Å². The average molecular weight is 814 g/mol. The quantitative estimate of drug-likeness (QED) is 0.162. The molecule has 1 aromatic heterocycles. The first-order chi connectivity index (χ1) is 27.5. The lowest BCUT2D eigenvalue weighted by Crippen LogP contribution is -2.61. The first kappa shape index (κ1) is 42.3. The van der Waals surface area contributed by atoms with Crippen molar-refractivity contribution in [3.8, 4) is 0 Å². The molecule has 0 N–H and O–H groups in total. The standard InChI is InChI=1S/C55H68BN3S/c1-50(2,3)33-19-22-38(23-20-33)58-42-25-21-34(51(4,5)6)30-41(42)56-40-24-26-45-47(57-49(60-45)55(16,17)18)48(40)59(44-32-37(54(13,14)15)31-43(58)46(44)56)39-28-35(52(7,8)9)27-36(29-39)53(10,11)12/h19-32H,1-18H3. The van der Waals surface area contributed by atoms with E-state index in [2.05, 4.69) is 219 Å². The third kappa shape index (κ3) is 7.21. The number of anilines is 6. The Morgan fingerprint density at radius 1 is 0.417 bits per heavy atom. The van der Waals surface area contributed by atoms with E-state index in [-0.39, 0.29) is 39.2 Å². The van der Waals surface area contributed by atoms with Crippen LogP contribution in [0.2, 0.25) is 0 Å². The van der Waals surface area contributed by atoms with Crippen molar-refractivity contribution in [3.05, 3.63) is 118 Å². The maximum Gasteiger partial charge on any atom is 0.252 e. The number of nitrogens with zero attached hydrogens (tertiary/aromatic N) is 3. The first-order valence-corrected chi connectivity index (χ1v) is 23.0. The molecule has 0 radical (unpaired) electrons. The first-order valence-electron chi connectivity index (χ1n) is 22.2. The molecule has 3 nitrogen and oxygen atoms in total. The van der Waals surface area contributed by atoms with Gasteiger partial charge in [-0.15, -0.1) is 11.3 Å². The summed E-state index contributed by atoms with van der Waals surface area (Å²) in [6, 6.07) is 33.9. The minimum atomic E-state index is -0.110. The highest BCUT2D eigenvalue weighted by molar-refractivity contribution is 7.19. The van der Waals surface area contributed by atoms with Gasteiger partial charge in [0.2, 0.25) is 0 Å². The lowest BCUT2D eigenvalue weighted by molar-refractivity contribution is 0.568. The van der Waals surface area contributed by atoms with Crippen molar-refractivity contribution in [1.82, 2.24) is 4.98 Å². The van der Waals surface area contributed by atoms with Crippen LogP contribution < -0.4 is 26.2 Å². The maximum atomic E-state index is 5.64. The second-order valence-electron chi connectivity index (χ2n) is 24.0. The number of aromatic nitrogens is 1. The van der Waals surface area contributed by atoms with E-state index in [0.29, 0.717) is 0 Å². The van der Waals surface area contributed by atoms with Gasteiger partial charge in [-0.25, -0.2) is 4.98 Å². The van der Waals surface area contributed by atoms with E-state index < -0.39 is 0 Å². The van der Waals surface area contributed by atoms with Crippen LogP contribution in [0.5, 0.6) is 0 Å². The Morgan fingerprint density at radius 3 is 1.43 bits per heavy atom. The van der Waals surface area contributed by atoms with Gasteiger partial charge in [-0.1, -0.05) is 161 Å². The van der Waals surface area contributed by atoms with Gasteiger partial charge in [-0.2, -0.15) is 0 Å². The van der Waals surface area contributed by atoms with Crippen LogP contribution in [0.3, 0.4) is 0 Å². The molecular weight excluding hydrogens is 746 g/mol. The molecule has 0 bridgehead atoms. The predicted octanol–water partition coefficient (Wildman–Crippen LogP) is 14.2. The van der Waals surface area contributed by atoms with E-state index >= 15 is 0 Å². The maximum absolute atomic E-state index is 5.64. The van der Waals surface area contributed by atoms with Gasteiger partial charge in [-0.3, -0.25) is 0 Å². The topological polar surface area (TPSA) is 19.4 Å². The Balaban J connectivity index is 1.57. The van der Waals surface area contributed by atoms with Crippen LogP contribution >= 0.6 is 11.3 Å². The van der Waals surface area contributed by atoms with Gasteiger partial charge in [0.25, 0.3) is 6.71 Å². The minimum Gasteiger partial charge on any atom is -0.311 e. The number of thiazole rings is 1. The second-order valence-corrected chi connectivity index (χ2v) is 25.0. The summed E-state index contributed by atoms with van der Waals surface area (Å²) in [5, 5.41) is 1.17. The molecule has 2 aliphatic heterocycles. The summed E-state index contributed by atoms with van der Waals surface area (Å²) in [5.74, 6) is 0. The van der Waals surface area contributed by atoms with Gasteiger partial charge >= 0.3 is 0 Å². The molecule has 0 fully saturated rings. The van der Waals surface area contributed by atoms with Gasteiger partial charge in [0.1, 0.15) is 5.52 Å². The van der Waals surface area contributed by atoms with Crippen molar-refractivity contribution in [3.63, 3.8) is 0 Å². The lowest BCUT2D eigenvalue weighted by Gasteiger charge is -2.45. The molecule has 0 amide bonds. The largest absolute Gasteiger partial charge is 0.311 e. The molecule has 2 aliphatic rings. The smallest absolute Gasteiger partial charge is 0.252 e. The molecule has 0 saturated heterocycles.